The number of rotatable bonds is 4. The Kier molecular flexibility index (Phi) is 4.87. The van der Waals surface area contributed by atoms with Crippen LogP contribution in [0.4, 0.5) is 13.2 Å². The molecule has 2 N–H and O–H groups in total. The SMILES string of the molecule is CCC(SN)(c1cc(Cl)c(F)c(Cl)c1)C(C)(F)F. The molecule has 0 fully saturated rings. The molecule has 0 heterocycles. The smallest absolute Gasteiger partial charge is 0.265 e. The van der Waals surface area contributed by atoms with Gasteiger partial charge in [-0.2, -0.15) is 0 Å². The van der Waals surface area contributed by atoms with Gasteiger partial charge in [-0.25, -0.2) is 13.2 Å². The molecule has 0 saturated carbocycles. The van der Waals surface area contributed by atoms with Crippen molar-refractivity contribution in [1.82, 2.24) is 0 Å². The molecule has 1 aromatic carbocycles. The van der Waals surface area contributed by atoms with Crippen molar-refractivity contribution < 1.29 is 13.2 Å². The van der Waals surface area contributed by atoms with E-state index in [-0.39, 0.29) is 22.0 Å². The fraction of sp³-hybridized carbons (Fsp3) is 0.455. The van der Waals surface area contributed by atoms with Crippen molar-refractivity contribution in [3.63, 3.8) is 0 Å². The Morgan fingerprint density at radius 2 is 1.72 bits per heavy atom. The second-order valence-electron chi connectivity index (χ2n) is 3.94. The minimum atomic E-state index is -3.11. The van der Waals surface area contributed by atoms with E-state index < -0.39 is 16.5 Å². The fourth-order valence-electron chi connectivity index (χ4n) is 1.81. The van der Waals surface area contributed by atoms with Crippen LogP contribution in [-0.4, -0.2) is 5.92 Å². The molecule has 0 saturated heterocycles. The van der Waals surface area contributed by atoms with Crippen LogP contribution in [0.2, 0.25) is 10.0 Å². The van der Waals surface area contributed by atoms with Gasteiger partial charge >= 0.3 is 0 Å². The zero-order chi connectivity index (χ0) is 14.1. The number of hydrogen-bond donors (Lipinski definition) is 1. The van der Waals surface area contributed by atoms with Gasteiger partial charge < -0.3 is 0 Å². The highest BCUT2D eigenvalue weighted by Gasteiger charge is 2.50. The quantitative estimate of drug-likeness (QED) is 0.624. The lowest BCUT2D eigenvalue weighted by Gasteiger charge is -2.36. The molecule has 0 aromatic heterocycles. The molecule has 7 heteroatoms. The Balaban J connectivity index is 3.49. The van der Waals surface area contributed by atoms with Crippen LogP contribution in [0, 0.1) is 5.82 Å². The molecule has 1 aromatic rings. The van der Waals surface area contributed by atoms with E-state index >= 15 is 0 Å². The largest absolute Gasteiger partial charge is 0.277 e. The van der Waals surface area contributed by atoms with Crippen LogP contribution in [0.15, 0.2) is 12.1 Å². The molecule has 0 bridgehead atoms. The number of alkyl halides is 2. The Morgan fingerprint density at radius 3 is 2.00 bits per heavy atom. The van der Waals surface area contributed by atoms with Crippen molar-refractivity contribution >= 4 is 35.1 Å². The monoisotopic (exact) mass is 317 g/mol. The molecule has 1 unspecified atom stereocenters. The predicted molar refractivity (Wildman–Crippen MR) is 70.8 cm³/mol. The Bertz CT molecular complexity index is 421. The van der Waals surface area contributed by atoms with Gasteiger partial charge in [0.2, 0.25) is 0 Å². The van der Waals surface area contributed by atoms with Gasteiger partial charge in [0.05, 0.1) is 10.0 Å². The third-order valence-corrected chi connectivity index (χ3v) is 4.69. The molecule has 0 radical (unpaired) electrons. The highest BCUT2D eigenvalue weighted by atomic mass is 35.5. The standard InChI is InChI=1S/C11H12Cl2F3NS/c1-3-11(18-17,10(2,15)16)6-4-7(12)9(14)8(13)5-6/h4-5H,3,17H2,1-2H3. The summed E-state index contributed by atoms with van der Waals surface area (Å²) in [7, 11) is 0. The molecule has 0 aliphatic rings. The maximum Gasteiger partial charge on any atom is 0.265 e. The van der Waals surface area contributed by atoms with E-state index in [2.05, 4.69) is 0 Å². The van der Waals surface area contributed by atoms with Crippen molar-refractivity contribution in [3.8, 4) is 0 Å². The van der Waals surface area contributed by atoms with Crippen LogP contribution in [0.3, 0.4) is 0 Å². The second-order valence-corrected chi connectivity index (χ2v) is 5.69. The lowest BCUT2D eigenvalue weighted by atomic mass is 9.89. The lowest BCUT2D eigenvalue weighted by molar-refractivity contribution is -0.0244. The van der Waals surface area contributed by atoms with Crippen molar-refractivity contribution in [2.75, 3.05) is 0 Å². The molecule has 0 aliphatic carbocycles. The molecule has 1 atom stereocenters. The second kappa shape index (κ2) is 5.49. The van der Waals surface area contributed by atoms with Gasteiger partial charge in [-0.3, -0.25) is 5.14 Å². The maximum atomic E-state index is 13.8. The molecule has 0 spiro atoms. The van der Waals surface area contributed by atoms with Gasteiger partial charge in [0, 0.05) is 6.92 Å². The van der Waals surface area contributed by atoms with Crippen LogP contribution in [0.25, 0.3) is 0 Å². The van der Waals surface area contributed by atoms with E-state index in [4.69, 9.17) is 28.3 Å². The summed E-state index contributed by atoms with van der Waals surface area (Å²) < 4.78 is 39.3. The average Bonchev–Trinajstić information content (AvgIpc) is 2.26. The van der Waals surface area contributed by atoms with E-state index in [1.54, 1.807) is 6.92 Å². The molecule has 102 valence electrons. The highest BCUT2D eigenvalue weighted by Crippen LogP contribution is 2.50. The number of benzene rings is 1. The topological polar surface area (TPSA) is 26.0 Å². The minimum absolute atomic E-state index is 0.0515. The average molecular weight is 318 g/mol. The van der Waals surface area contributed by atoms with Gasteiger partial charge in [-0.1, -0.05) is 42.1 Å². The summed E-state index contributed by atoms with van der Waals surface area (Å²) in [6.45, 7) is 2.34. The van der Waals surface area contributed by atoms with Crippen molar-refractivity contribution in [3.05, 3.63) is 33.6 Å². The predicted octanol–water partition coefficient (Wildman–Crippen LogP) is 5.00. The first-order valence-corrected chi connectivity index (χ1v) is 6.74. The summed E-state index contributed by atoms with van der Waals surface area (Å²) in [5.74, 6) is -3.93. The summed E-state index contributed by atoms with van der Waals surface area (Å²) in [4.78, 5) is 0. The van der Waals surface area contributed by atoms with Crippen LogP contribution in [-0.2, 0) is 4.75 Å². The van der Waals surface area contributed by atoms with Crippen molar-refractivity contribution in [2.24, 2.45) is 5.14 Å². The van der Waals surface area contributed by atoms with Crippen LogP contribution in [0.1, 0.15) is 25.8 Å². The van der Waals surface area contributed by atoms with E-state index in [1.807, 2.05) is 0 Å². The minimum Gasteiger partial charge on any atom is -0.277 e. The van der Waals surface area contributed by atoms with Crippen molar-refractivity contribution in [2.45, 2.75) is 30.9 Å². The summed E-state index contributed by atoms with van der Waals surface area (Å²) in [6.07, 6.45) is 0.0515. The molecule has 0 amide bonds. The van der Waals surface area contributed by atoms with Crippen LogP contribution in [0.5, 0.6) is 0 Å². The lowest BCUT2D eigenvalue weighted by Crippen LogP contribution is -2.41. The third-order valence-electron chi connectivity index (χ3n) is 2.86. The summed E-state index contributed by atoms with van der Waals surface area (Å²) >= 11 is 11.8. The van der Waals surface area contributed by atoms with Gasteiger partial charge in [0.1, 0.15) is 4.75 Å². The van der Waals surface area contributed by atoms with E-state index in [0.717, 1.165) is 19.1 Å². The summed E-state index contributed by atoms with van der Waals surface area (Å²) in [6, 6.07) is 2.28. The van der Waals surface area contributed by atoms with E-state index in [0.29, 0.717) is 11.9 Å². The fourth-order valence-corrected chi connectivity index (χ4v) is 2.93. The zero-order valence-electron chi connectivity index (χ0n) is 9.74. The van der Waals surface area contributed by atoms with Gasteiger partial charge in [0.15, 0.2) is 5.82 Å². The summed E-state index contributed by atoms with van der Waals surface area (Å²) in [5, 5.41) is 4.84. The molecule has 1 rings (SSSR count). The number of nitrogens with two attached hydrogens (primary N) is 1. The first kappa shape index (κ1) is 16.0. The zero-order valence-corrected chi connectivity index (χ0v) is 12.1. The molecule has 18 heavy (non-hydrogen) atoms. The molecule has 1 nitrogen and oxygen atoms in total. The Morgan fingerprint density at radius 1 is 1.28 bits per heavy atom. The van der Waals surface area contributed by atoms with Gasteiger partial charge in [-0.15, -0.1) is 0 Å². The normalized spacial score (nSPS) is 15.6. The maximum absolute atomic E-state index is 13.8. The highest BCUT2D eigenvalue weighted by molar-refractivity contribution is 7.98. The molecular formula is C11H12Cl2F3NS. The van der Waals surface area contributed by atoms with E-state index in [9.17, 15) is 13.2 Å². The molecular weight excluding hydrogens is 306 g/mol. The first-order chi connectivity index (χ1) is 8.19. The summed E-state index contributed by atoms with van der Waals surface area (Å²) in [5.41, 5.74) is 0.112. The first-order valence-electron chi connectivity index (χ1n) is 5.10. The number of halogens is 5. The third kappa shape index (κ3) is 2.59. The van der Waals surface area contributed by atoms with Gasteiger partial charge in [0.25, 0.3) is 5.92 Å². The molecule has 0 aliphatic heterocycles. The van der Waals surface area contributed by atoms with Crippen LogP contribution >= 0.6 is 35.1 Å². The Hall–Kier alpha value is -0.100. The Labute approximate surface area is 118 Å². The van der Waals surface area contributed by atoms with Crippen molar-refractivity contribution in [1.29, 1.82) is 0 Å². The van der Waals surface area contributed by atoms with Gasteiger partial charge in [-0.05, 0) is 24.1 Å². The van der Waals surface area contributed by atoms with Crippen LogP contribution < -0.4 is 5.14 Å². The number of hydrogen-bond acceptors (Lipinski definition) is 2. The van der Waals surface area contributed by atoms with E-state index in [1.165, 1.54) is 0 Å².